The van der Waals surface area contributed by atoms with Gasteiger partial charge in [-0.2, -0.15) is 0 Å². The molecule has 8 rings (SSSR count). The number of carbonyl (C=O) groups excluding carboxylic acids is 4. The van der Waals surface area contributed by atoms with Crippen LogP contribution in [0.2, 0.25) is 0 Å². The second-order valence-electron chi connectivity index (χ2n) is 17.3. The molecular formula is C62H56N2O10. The van der Waals surface area contributed by atoms with Gasteiger partial charge in [-0.1, -0.05) is 194 Å². The third-order valence-corrected chi connectivity index (χ3v) is 11.8. The molecule has 8 aromatic carbocycles. The molecule has 2 atom stereocenters. The second kappa shape index (κ2) is 26.9. The van der Waals surface area contributed by atoms with E-state index in [0.29, 0.717) is 33.8 Å². The van der Waals surface area contributed by atoms with Gasteiger partial charge in [-0.05, 0) is 68.8 Å². The summed E-state index contributed by atoms with van der Waals surface area (Å²) in [5.74, 6) is -0.353. The van der Waals surface area contributed by atoms with Crippen molar-refractivity contribution in [1.82, 2.24) is 10.6 Å². The molecule has 12 heteroatoms. The van der Waals surface area contributed by atoms with Gasteiger partial charge in [0.1, 0.15) is 63.2 Å². The molecule has 0 aliphatic carbocycles. The summed E-state index contributed by atoms with van der Waals surface area (Å²) in [5.41, 5.74) is 7.44. The molecule has 0 aliphatic rings. The van der Waals surface area contributed by atoms with Crippen molar-refractivity contribution in [2.45, 2.75) is 64.6 Å². The molecule has 0 spiro atoms. The molecule has 2 amide bonds. The largest absolute Gasteiger partial charge is 0.488 e. The first-order valence-electron chi connectivity index (χ1n) is 24.3. The number of amides is 2. The van der Waals surface area contributed by atoms with E-state index < -0.39 is 36.2 Å². The Morgan fingerprint density at radius 2 is 0.581 bits per heavy atom. The molecule has 0 unspecified atom stereocenters. The number of rotatable bonds is 23. The van der Waals surface area contributed by atoms with Crippen LogP contribution in [-0.4, -0.2) is 36.2 Å². The van der Waals surface area contributed by atoms with E-state index in [1.807, 2.05) is 218 Å². The quantitative estimate of drug-likeness (QED) is 0.0469. The third-order valence-electron chi connectivity index (χ3n) is 11.8. The second-order valence-corrected chi connectivity index (χ2v) is 17.3. The van der Waals surface area contributed by atoms with Crippen molar-refractivity contribution < 1.29 is 47.6 Å². The molecule has 0 aliphatic heterocycles. The summed E-state index contributed by atoms with van der Waals surface area (Å²) in [7, 11) is 0. The summed E-state index contributed by atoms with van der Waals surface area (Å²) in [5, 5.41) is 5.52. The molecule has 0 aromatic heterocycles. The molecule has 0 saturated carbocycles. The Bertz CT molecular complexity index is 2830. The highest BCUT2D eigenvalue weighted by atomic mass is 16.6. The van der Waals surface area contributed by atoms with Crippen LogP contribution in [-0.2, 0) is 81.0 Å². The first-order chi connectivity index (χ1) is 36.3. The topological polar surface area (TPSA) is 148 Å². The minimum atomic E-state index is -1.17. The van der Waals surface area contributed by atoms with Crippen LogP contribution in [0.3, 0.4) is 0 Å². The molecule has 0 saturated heterocycles. The smallest absolute Gasteiger partial charge is 0.408 e. The van der Waals surface area contributed by atoms with Gasteiger partial charge in [-0.15, -0.1) is 0 Å². The molecule has 0 heterocycles. The molecule has 2 N–H and O–H groups in total. The number of esters is 2. The van der Waals surface area contributed by atoms with Gasteiger partial charge >= 0.3 is 24.1 Å². The minimum Gasteiger partial charge on any atom is -0.488 e. The van der Waals surface area contributed by atoms with Crippen LogP contribution < -0.4 is 20.1 Å². The number of nitrogens with one attached hydrogen (secondary N) is 2. The van der Waals surface area contributed by atoms with Crippen molar-refractivity contribution in [3.05, 3.63) is 263 Å². The van der Waals surface area contributed by atoms with E-state index in [4.69, 9.17) is 28.4 Å². The van der Waals surface area contributed by atoms with Gasteiger partial charge in [0.15, 0.2) is 0 Å². The highest BCUT2D eigenvalue weighted by molar-refractivity contribution is 5.83. The lowest BCUT2D eigenvalue weighted by Crippen LogP contribution is -2.43. The molecule has 374 valence electrons. The zero-order valence-corrected chi connectivity index (χ0v) is 40.7. The fourth-order valence-corrected chi connectivity index (χ4v) is 7.88. The highest BCUT2D eigenvalue weighted by Gasteiger charge is 2.27. The van der Waals surface area contributed by atoms with Gasteiger partial charge in [-0.3, -0.25) is 0 Å². The number of carbonyl (C=O) groups is 4. The normalized spacial score (nSPS) is 11.5. The number of benzene rings is 8. The summed E-state index contributed by atoms with van der Waals surface area (Å²) in [6, 6.07) is 65.2. The Kier molecular flexibility index (Phi) is 18.6. The molecule has 12 nitrogen and oxygen atoms in total. The number of ether oxygens (including phenoxy) is 6. The van der Waals surface area contributed by atoms with Gasteiger partial charge in [0.25, 0.3) is 0 Å². The Hall–Kier alpha value is -9.16. The van der Waals surface area contributed by atoms with Gasteiger partial charge in [0.2, 0.25) is 0 Å². The van der Waals surface area contributed by atoms with Crippen LogP contribution in [0.25, 0.3) is 11.1 Å². The van der Waals surface area contributed by atoms with E-state index in [2.05, 4.69) is 10.6 Å². The van der Waals surface area contributed by atoms with Crippen molar-refractivity contribution in [2.75, 3.05) is 0 Å². The maximum atomic E-state index is 14.0. The van der Waals surface area contributed by atoms with E-state index in [9.17, 15) is 19.2 Å². The molecule has 0 bridgehead atoms. The van der Waals surface area contributed by atoms with Crippen LogP contribution in [0.4, 0.5) is 9.59 Å². The monoisotopic (exact) mass is 988 g/mol. The van der Waals surface area contributed by atoms with Gasteiger partial charge < -0.3 is 39.1 Å². The lowest BCUT2D eigenvalue weighted by molar-refractivity contribution is -0.148. The Labute approximate surface area is 430 Å². The van der Waals surface area contributed by atoms with E-state index in [0.717, 1.165) is 33.4 Å². The van der Waals surface area contributed by atoms with Gasteiger partial charge in [-0.25, -0.2) is 19.2 Å². The standard InChI is InChI=1S/C62H56N2O10/c65-59(71-41-47-23-11-3-12-24-47)55(63-61(67)73-43-49-27-15-5-16-28-49)37-51-31-33-57(69-39-45-19-7-1-8-20-45)53(35-51)54-36-52(32-34-58(54)70-40-46-21-9-2-10-22-46)38-56(60(66)72-42-48-25-13-4-14-26-48)64-62(68)74-44-50-29-17-6-18-30-50/h1-36,55-56H,37-44H2,(H,63,67)(H,64,68)/t55-,56-/m0/s1. The third kappa shape index (κ3) is 15.9. The maximum Gasteiger partial charge on any atom is 0.408 e. The van der Waals surface area contributed by atoms with E-state index >= 15 is 0 Å². The molecular weight excluding hydrogens is 933 g/mol. The van der Waals surface area contributed by atoms with Crippen molar-refractivity contribution in [3.63, 3.8) is 0 Å². The summed E-state index contributed by atoms with van der Waals surface area (Å²) in [4.78, 5) is 54.8. The fraction of sp³-hybridized carbons (Fsp3) is 0.161. The summed E-state index contributed by atoms with van der Waals surface area (Å²) in [6.45, 7) is 0.414. The lowest BCUT2D eigenvalue weighted by Gasteiger charge is -2.21. The number of alkyl carbamates (subject to hydrolysis) is 2. The summed E-state index contributed by atoms with van der Waals surface area (Å²) < 4.78 is 35.9. The zero-order chi connectivity index (χ0) is 51.2. The van der Waals surface area contributed by atoms with Crippen molar-refractivity contribution in [2.24, 2.45) is 0 Å². The minimum absolute atomic E-state index is 0.00423. The van der Waals surface area contributed by atoms with Crippen molar-refractivity contribution in [1.29, 1.82) is 0 Å². The van der Waals surface area contributed by atoms with Crippen LogP contribution in [0, 0.1) is 0 Å². The van der Waals surface area contributed by atoms with Crippen LogP contribution in [0.5, 0.6) is 11.5 Å². The van der Waals surface area contributed by atoms with Crippen molar-refractivity contribution in [3.8, 4) is 22.6 Å². The Morgan fingerprint density at radius 1 is 0.311 bits per heavy atom. The maximum absolute atomic E-state index is 14.0. The summed E-state index contributed by atoms with van der Waals surface area (Å²) in [6.07, 6.45) is -1.58. The van der Waals surface area contributed by atoms with Gasteiger partial charge in [0, 0.05) is 24.0 Å². The Balaban J connectivity index is 1.14. The SMILES string of the molecule is O=C(N[C@@H](Cc1ccc(OCc2ccccc2)c(-c2cc(C[C@H](NC(=O)OCc3ccccc3)C(=O)OCc3ccccc3)ccc2OCc2ccccc2)c1)C(=O)OCc1ccccc1)OCc1ccccc1. The first-order valence-corrected chi connectivity index (χ1v) is 24.3. The van der Waals surface area contributed by atoms with E-state index in [1.165, 1.54) is 0 Å². The van der Waals surface area contributed by atoms with Crippen LogP contribution >= 0.6 is 0 Å². The summed E-state index contributed by atoms with van der Waals surface area (Å²) >= 11 is 0. The lowest BCUT2D eigenvalue weighted by atomic mass is 9.95. The zero-order valence-electron chi connectivity index (χ0n) is 40.7. The predicted molar refractivity (Wildman–Crippen MR) is 280 cm³/mol. The van der Waals surface area contributed by atoms with Crippen LogP contribution in [0.1, 0.15) is 44.5 Å². The molecule has 0 fully saturated rings. The fourth-order valence-electron chi connectivity index (χ4n) is 7.88. The van der Waals surface area contributed by atoms with Crippen molar-refractivity contribution >= 4 is 24.1 Å². The average molecular weight is 989 g/mol. The number of hydrogen-bond donors (Lipinski definition) is 2. The molecule has 8 aromatic rings. The molecule has 74 heavy (non-hydrogen) atoms. The average Bonchev–Trinajstić information content (AvgIpc) is 3.45. The van der Waals surface area contributed by atoms with Gasteiger partial charge in [0.05, 0.1) is 0 Å². The van der Waals surface area contributed by atoms with Crippen LogP contribution in [0.15, 0.2) is 218 Å². The Morgan fingerprint density at radius 3 is 0.878 bits per heavy atom. The van der Waals surface area contributed by atoms with E-state index in [-0.39, 0.29) is 52.5 Å². The van der Waals surface area contributed by atoms with E-state index in [1.54, 1.807) is 0 Å². The predicted octanol–water partition coefficient (Wildman–Crippen LogP) is 11.7. The first kappa shape index (κ1) is 51.2. The highest BCUT2D eigenvalue weighted by Crippen LogP contribution is 2.39. The molecule has 0 radical (unpaired) electrons. The number of hydrogen-bond acceptors (Lipinski definition) is 10.